The van der Waals surface area contributed by atoms with E-state index < -0.39 is 29.3 Å². The van der Waals surface area contributed by atoms with Gasteiger partial charge in [0.05, 0.1) is 19.2 Å². The normalized spacial score (nSPS) is 21.5. The van der Waals surface area contributed by atoms with E-state index in [-0.39, 0.29) is 18.1 Å². The second-order valence-electron chi connectivity index (χ2n) is 8.30. The van der Waals surface area contributed by atoms with Crippen LogP contribution in [0.5, 0.6) is 11.5 Å². The Morgan fingerprint density at radius 3 is 2.57 bits per heavy atom. The van der Waals surface area contributed by atoms with Gasteiger partial charge in [0.2, 0.25) is 0 Å². The van der Waals surface area contributed by atoms with Crippen molar-refractivity contribution in [3.63, 3.8) is 0 Å². The molecule has 0 radical (unpaired) electrons. The number of rotatable bonds is 4. The second kappa shape index (κ2) is 7.79. The van der Waals surface area contributed by atoms with Crippen LogP contribution in [0, 0.1) is 0 Å². The predicted octanol–water partition coefficient (Wildman–Crippen LogP) is 3.52. The van der Waals surface area contributed by atoms with Crippen molar-refractivity contribution in [1.29, 1.82) is 0 Å². The number of nitrogens with zero attached hydrogens (tertiary/aromatic N) is 3. The van der Waals surface area contributed by atoms with Crippen LogP contribution in [0.2, 0.25) is 5.15 Å². The number of halogens is 1. The summed E-state index contributed by atoms with van der Waals surface area (Å²) in [6, 6.07) is 3.31. The molecule has 10 heteroatoms. The summed E-state index contributed by atoms with van der Waals surface area (Å²) in [5, 5.41) is 10.6. The minimum Gasteiger partial charge on any atom is -0.493 e. The number of methoxy groups -OCH3 is 1. The highest BCUT2D eigenvalue weighted by molar-refractivity contribution is 6.34. The second-order valence-corrected chi connectivity index (χ2v) is 8.66. The Morgan fingerprint density at radius 1 is 1.27 bits per heavy atom. The molecule has 2 aromatic rings. The smallest absolute Gasteiger partial charge is 0.411 e. The summed E-state index contributed by atoms with van der Waals surface area (Å²) in [6.45, 7) is 6.68. The lowest BCUT2D eigenvalue weighted by Gasteiger charge is -2.32. The number of carboxylic acids is 1. The van der Waals surface area contributed by atoms with Crippen LogP contribution in [-0.2, 0) is 9.53 Å². The van der Waals surface area contributed by atoms with Crippen molar-refractivity contribution in [3.8, 4) is 11.5 Å². The molecule has 1 N–H and O–H groups in total. The highest BCUT2D eigenvalue weighted by Gasteiger charge is 2.52. The van der Waals surface area contributed by atoms with Gasteiger partial charge in [0.25, 0.3) is 0 Å². The third-order valence-corrected chi connectivity index (χ3v) is 5.15. The van der Waals surface area contributed by atoms with Gasteiger partial charge in [-0.25, -0.2) is 19.6 Å². The average molecular weight is 438 g/mol. The van der Waals surface area contributed by atoms with Crippen molar-refractivity contribution in [2.24, 2.45) is 0 Å². The molecule has 2 atom stereocenters. The zero-order chi connectivity index (χ0) is 22.3. The molecular formula is C20H24ClN3O6. The van der Waals surface area contributed by atoms with Crippen LogP contribution < -0.4 is 9.47 Å². The molecule has 162 valence electrons. The third-order valence-electron chi connectivity index (χ3n) is 4.85. The molecule has 2 heterocycles. The molecule has 1 saturated heterocycles. The van der Waals surface area contributed by atoms with E-state index in [4.69, 9.17) is 25.8 Å². The molecule has 0 spiro atoms. The van der Waals surface area contributed by atoms with Crippen LogP contribution in [0.25, 0.3) is 10.9 Å². The Labute approximate surface area is 178 Å². The molecule has 0 bridgehead atoms. The van der Waals surface area contributed by atoms with E-state index in [1.807, 2.05) is 0 Å². The van der Waals surface area contributed by atoms with E-state index in [9.17, 15) is 14.7 Å². The highest BCUT2D eigenvalue weighted by Crippen LogP contribution is 2.38. The van der Waals surface area contributed by atoms with Gasteiger partial charge in [-0.1, -0.05) is 11.6 Å². The lowest BCUT2D eigenvalue weighted by molar-refractivity contribution is -0.148. The standard InChI is InChI=1S/C20H24ClN3O6/c1-19(2,3)30-18(27)24-9-11(8-20(24,4)17(25)26)29-15-6-12-13(7-14(15)28-5)22-10-23-16(12)21/h6-7,10-11H,8-9H2,1-5H3,(H,25,26)/t11-,20+/m1/s1. The molecule has 1 aromatic heterocycles. The maximum absolute atomic E-state index is 12.6. The minimum atomic E-state index is -1.47. The number of carbonyl (C=O) groups is 2. The molecule has 1 fully saturated rings. The van der Waals surface area contributed by atoms with Gasteiger partial charge in [-0.3, -0.25) is 4.90 Å². The number of likely N-dealkylation sites (tertiary alicyclic amines) is 1. The molecule has 1 amide bonds. The van der Waals surface area contributed by atoms with E-state index in [0.29, 0.717) is 22.4 Å². The monoisotopic (exact) mass is 437 g/mol. The fraction of sp³-hybridized carbons (Fsp3) is 0.500. The lowest BCUT2D eigenvalue weighted by atomic mass is 9.98. The summed E-state index contributed by atoms with van der Waals surface area (Å²) in [5.41, 5.74) is -1.65. The lowest BCUT2D eigenvalue weighted by Crippen LogP contribution is -2.52. The molecule has 0 aliphatic carbocycles. The van der Waals surface area contributed by atoms with Crippen LogP contribution in [0.4, 0.5) is 4.79 Å². The summed E-state index contributed by atoms with van der Waals surface area (Å²) >= 11 is 6.16. The van der Waals surface area contributed by atoms with Crippen molar-refractivity contribution < 1.29 is 28.9 Å². The number of fused-ring (bicyclic) bond motifs is 1. The van der Waals surface area contributed by atoms with E-state index in [2.05, 4.69) is 9.97 Å². The van der Waals surface area contributed by atoms with Gasteiger partial charge in [0, 0.05) is 17.9 Å². The Bertz CT molecular complexity index is 992. The summed E-state index contributed by atoms with van der Waals surface area (Å²) < 4.78 is 16.9. The van der Waals surface area contributed by atoms with Gasteiger partial charge in [-0.15, -0.1) is 0 Å². The largest absolute Gasteiger partial charge is 0.493 e. The first-order valence-electron chi connectivity index (χ1n) is 9.33. The fourth-order valence-electron chi connectivity index (χ4n) is 3.36. The van der Waals surface area contributed by atoms with E-state index >= 15 is 0 Å². The molecule has 9 nitrogen and oxygen atoms in total. The summed E-state index contributed by atoms with van der Waals surface area (Å²) in [4.78, 5) is 33.9. The number of aromatic nitrogens is 2. The summed E-state index contributed by atoms with van der Waals surface area (Å²) in [5.74, 6) is -0.378. The molecule has 0 unspecified atom stereocenters. The molecule has 1 aromatic carbocycles. The van der Waals surface area contributed by atoms with Crippen molar-refractivity contribution in [2.45, 2.75) is 51.4 Å². The Hall–Kier alpha value is -2.81. The van der Waals surface area contributed by atoms with Crippen LogP contribution in [0.15, 0.2) is 18.5 Å². The summed E-state index contributed by atoms with van der Waals surface area (Å²) in [6.07, 6.45) is 0.106. The first-order valence-corrected chi connectivity index (χ1v) is 9.71. The van der Waals surface area contributed by atoms with E-state index in [0.717, 1.165) is 0 Å². The van der Waals surface area contributed by atoms with Crippen LogP contribution in [0.3, 0.4) is 0 Å². The number of carbonyl (C=O) groups excluding carboxylic acids is 1. The number of hydrogen-bond donors (Lipinski definition) is 1. The fourth-order valence-corrected chi connectivity index (χ4v) is 3.56. The summed E-state index contributed by atoms with van der Waals surface area (Å²) in [7, 11) is 1.49. The third kappa shape index (κ3) is 4.21. The number of aliphatic carboxylic acids is 1. The molecule has 0 saturated carbocycles. The van der Waals surface area contributed by atoms with Gasteiger partial charge < -0.3 is 19.3 Å². The van der Waals surface area contributed by atoms with Gasteiger partial charge in [0.1, 0.15) is 28.7 Å². The predicted molar refractivity (Wildman–Crippen MR) is 109 cm³/mol. The van der Waals surface area contributed by atoms with Crippen LogP contribution >= 0.6 is 11.6 Å². The van der Waals surface area contributed by atoms with Gasteiger partial charge in [-0.2, -0.15) is 0 Å². The number of benzene rings is 1. The molecule has 3 rings (SSSR count). The first-order chi connectivity index (χ1) is 13.9. The van der Waals surface area contributed by atoms with E-state index in [1.165, 1.54) is 25.3 Å². The maximum atomic E-state index is 12.6. The number of ether oxygens (including phenoxy) is 3. The highest BCUT2D eigenvalue weighted by atomic mass is 35.5. The van der Waals surface area contributed by atoms with Crippen molar-refractivity contribution in [1.82, 2.24) is 14.9 Å². The van der Waals surface area contributed by atoms with Gasteiger partial charge in [0.15, 0.2) is 11.5 Å². The minimum absolute atomic E-state index is 0.0396. The zero-order valence-electron chi connectivity index (χ0n) is 17.4. The van der Waals surface area contributed by atoms with Crippen molar-refractivity contribution >= 4 is 34.6 Å². The quantitative estimate of drug-likeness (QED) is 0.723. The van der Waals surface area contributed by atoms with Gasteiger partial charge in [-0.05, 0) is 33.8 Å². The molecule has 1 aliphatic heterocycles. The molecule has 30 heavy (non-hydrogen) atoms. The van der Waals surface area contributed by atoms with Crippen molar-refractivity contribution in [3.05, 3.63) is 23.6 Å². The average Bonchev–Trinajstić information content (AvgIpc) is 2.98. The van der Waals surface area contributed by atoms with E-state index in [1.54, 1.807) is 32.9 Å². The number of amides is 1. The molecular weight excluding hydrogens is 414 g/mol. The Kier molecular flexibility index (Phi) is 5.68. The Balaban J connectivity index is 1.91. The maximum Gasteiger partial charge on any atom is 0.411 e. The first kappa shape index (κ1) is 21.9. The van der Waals surface area contributed by atoms with Crippen molar-refractivity contribution in [2.75, 3.05) is 13.7 Å². The van der Waals surface area contributed by atoms with Gasteiger partial charge >= 0.3 is 12.1 Å². The van der Waals surface area contributed by atoms with Crippen LogP contribution in [0.1, 0.15) is 34.1 Å². The zero-order valence-corrected chi connectivity index (χ0v) is 18.2. The topological polar surface area (TPSA) is 111 Å². The number of carboxylic acid groups (broad SMARTS) is 1. The Morgan fingerprint density at radius 2 is 1.97 bits per heavy atom. The van der Waals surface area contributed by atoms with Crippen LogP contribution in [-0.4, -0.2) is 62.9 Å². The molecule has 1 aliphatic rings. The SMILES string of the molecule is COc1cc2ncnc(Cl)c2cc1O[C@H]1CN(C(=O)OC(C)(C)C)[C@](C)(C(=O)O)C1. The number of hydrogen-bond acceptors (Lipinski definition) is 7.